The van der Waals surface area contributed by atoms with Gasteiger partial charge < -0.3 is 0 Å². The van der Waals surface area contributed by atoms with E-state index < -0.39 is 0 Å². The van der Waals surface area contributed by atoms with E-state index in [0.717, 1.165) is 11.7 Å². The highest BCUT2D eigenvalue weighted by atomic mass is 32.2. The van der Waals surface area contributed by atoms with Crippen LogP contribution in [0.15, 0.2) is 60.7 Å². The summed E-state index contributed by atoms with van der Waals surface area (Å²) in [7, 11) is 0. The Morgan fingerprint density at radius 2 is 1.45 bits per heavy atom. The van der Waals surface area contributed by atoms with Crippen LogP contribution in [-0.2, 0) is 12.2 Å². The lowest BCUT2D eigenvalue weighted by molar-refractivity contribution is 0.564. The van der Waals surface area contributed by atoms with Crippen molar-refractivity contribution in [2.45, 2.75) is 31.9 Å². The van der Waals surface area contributed by atoms with Gasteiger partial charge in [-0.2, -0.15) is 11.8 Å². The van der Waals surface area contributed by atoms with Crippen LogP contribution in [0.3, 0.4) is 0 Å². The molecule has 0 bridgehead atoms. The number of aryl methyl sites for hydroxylation is 1. The number of hydrogen-bond donors (Lipinski definition) is 0. The topological polar surface area (TPSA) is 0 Å². The fourth-order valence-corrected chi connectivity index (χ4v) is 3.45. The van der Waals surface area contributed by atoms with Gasteiger partial charge in [-0.15, -0.1) is 0 Å². The first-order chi connectivity index (χ1) is 9.84. The predicted octanol–water partition coefficient (Wildman–Crippen LogP) is 5.58. The average molecular weight is 284 g/mol. The molecule has 1 unspecified atom stereocenters. The molecule has 0 fully saturated rings. The van der Waals surface area contributed by atoms with Crippen molar-refractivity contribution >= 4 is 11.8 Å². The zero-order valence-electron chi connectivity index (χ0n) is 12.3. The van der Waals surface area contributed by atoms with Crippen molar-refractivity contribution in [1.29, 1.82) is 0 Å². The van der Waals surface area contributed by atoms with Gasteiger partial charge in [0.25, 0.3) is 0 Å². The second kappa shape index (κ2) is 8.86. The zero-order valence-corrected chi connectivity index (χ0v) is 13.1. The maximum absolute atomic E-state index is 2.38. The van der Waals surface area contributed by atoms with Gasteiger partial charge in [0.05, 0.1) is 0 Å². The maximum Gasteiger partial charge on any atom is 0.0184 e. The van der Waals surface area contributed by atoms with Gasteiger partial charge in [-0.1, -0.05) is 67.6 Å². The van der Waals surface area contributed by atoms with E-state index in [1.165, 1.54) is 36.1 Å². The maximum atomic E-state index is 2.38. The summed E-state index contributed by atoms with van der Waals surface area (Å²) < 4.78 is 0. The summed E-state index contributed by atoms with van der Waals surface area (Å²) in [6.07, 6.45) is 3.85. The lowest BCUT2D eigenvalue weighted by Crippen LogP contribution is -2.00. The minimum Gasteiger partial charge on any atom is -0.157 e. The first-order valence-electron chi connectivity index (χ1n) is 7.50. The summed E-state index contributed by atoms with van der Waals surface area (Å²) in [6.45, 7) is 2.38. The van der Waals surface area contributed by atoms with Gasteiger partial charge in [-0.25, -0.2) is 0 Å². The highest BCUT2D eigenvalue weighted by molar-refractivity contribution is 7.98. The van der Waals surface area contributed by atoms with Crippen LogP contribution in [0.5, 0.6) is 0 Å². The van der Waals surface area contributed by atoms with E-state index in [0.29, 0.717) is 0 Å². The Hall–Kier alpha value is -1.21. The van der Waals surface area contributed by atoms with Crippen LogP contribution in [0.1, 0.15) is 30.9 Å². The monoisotopic (exact) mass is 284 g/mol. The van der Waals surface area contributed by atoms with Crippen LogP contribution in [0.2, 0.25) is 0 Å². The molecule has 2 aromatic carbocycles. The smallest absolute Gasteiger partial charge is 0.0184 e. The highest BCUT2D eigenvalue weighted by Gasteiger charge is 2.03. The first-order valence-corrected chi connectivity index (χ1v) is 8.65. The van der Waals surface area contributed by atoms with E-state index >= 15 is 0 Å². The van der Waals surface area contributed by atoms with Crippen molar-refractivity contribution in [3.63, 3.8) is 0 Å². The molecule has 0 heterocycles. The Morgan fingerprint density at radius 3 is 2.10 bits per heavy atom. The average Bonchev–Trinajstić information content (AvgIpc) is 2.49. The van der Waals surface area contributed by atoms with Gasteiger partial charge in [0.1, 0.15) is 0 Å². The van der Waals surface area contributed by atoms with Crippen molar-refractivity contribution < 1.29 is 0 Å². The molecular formula is C19H24S. The molecule has 0 saturated heterocycles. The fourth-order valence-electron chi connectivity index (χ4n) is 2.33. The lowest BCUT2D eigenvalue weighted by Gasteiger charge is -2.11. The molecule has 0 aliphatic carbocycles. The van der Waals surface area contributed by atoms with Gasteiger partial charge >= 0.3 is 0 Å². The van der Waals surface area contributed by atoms with E-state index in [-0.39, 0.29) is 0 Å². The SMILES string of the molecule is CC(CCCc1ccccc1)CSCc1ccccc1. The number of benzene rings is 2. The molecule has 0 aliphatic rings. The van der Waals surface area contributed by atoms with Crippen LogP contribution in [0, 0.1) is 5.92 Å². The van der Waals surface area contributed by atoms with Crippen molar-refractivity contribution in [3.05, 3.63) is 71.8 Å². The van der Waals surface area contributed by atoms with E-state index in [4.69, 9.17) is 0 Å². The summed E-state index contributed by atoms with van der Waals surface area (Å²) in [5.74, 6) is 3.22. The Labute approximate surface area is 127 Å². The molecule has 0 saturated carbocycles. The quantitative estimate of drug-likeness (QED) is 0.610. The van der Waals surface area contributed by atoms with Crippen LogP contribution in [-0.4, -0.2) is 5.75 Å². The van der Waals surface area contributed by atoms with Crippen LogP contribution < -0.4 is 0 Å². The minimum absolute atomic E-state index is 0.812. The molecule has 0 N–H and O–H groups in total. The summed E-state index contributed by atoms with van der Waals surface area (Å²) in [6, 6.07) is 21.6. The molecule has 1 atom stereocenters. The molecule has 2 aromatic rings. The van der Waals surface area contributed by atoms with Gasteiger partial charge in [-0.05, 0) is 42.1 Å². The third kappa shape index (κ3) is 5.83. The second-order valence-electron chi connectivity index (χ2n) is 5.48. The molecule has 106 valence electrons. The number of thioether (sulfide) groups is 1. The Kier molecular flexibility index (Phi) is 6.73. The largest absolute Gasteiger partial charge is 0.157 e. The van der Waals surface area contributed by atoms with E-state index in [9.17, 15) is 0 Å². The van der Waals surface area contributed by atoms with E-state index in [1.54, 1.807) is 0 Å². The van der Waals surface area contributed by atoms with Crippen LogP contribution in [0.25, 0.3) is 0 Å². The van der Waals surface area contributed by atoms with Gasteiger partial charge in [0.15, 0.2) is 0 Å². The molecule has 0 nitrogen and oxygen atoms in total. The first kappa shape index (κ1) is 15.2. The van der Waals surface area contributed by atoms with Crippen LogP contribution >= 0.6 is 11.8 Å². The normalized spacial score (nSPS) is 12.2. The van der Waals surface area contributed by atoms with Crippen molar-refractivity contribution in [2.24, 2.45) is 5.92 Å². The Morgan fingerprint density at radius 1 is 0.850 bits per heavy atom. The fraction of sp³-hybridized carbons (Fsp3) is 0.368. The van der Waals surface area contributed by atoms with Gasteiger partial charge in [0.2, 0.25) is 0 Å². The predicted molar refractivity (Wildman–Crippen MR) is 91.1 cm³/mol. The molecule has 0 amide bonds. The summed E-state index contributed by atoms with van der Waals surface area (Å²) in [5, 5.41) is 0. The third-order valence-electron chi connectivity index (χ3n) is 3.52. The zero-order chi connectivity index (χ0) is 14.0. The van der Waals surface area contributed by atoms with Crippen molar-refractivity contribution in [3.8, 4) is 0 Å². The van der Waals surface area contributed by atoms with Gasteiger partial charge in [-0.3, -0.25) is 0 Å². The molecule has 1 heteroatoms. The Bertz CT molecular complexity index is 418. The Balaban J connectivity index is 1.58. The molecule has 0 aliphatic heterocycles. The second-order valence-corrected chi connectivity index (χ2v) is 6.51. The van der Waals surface area contributed by atoms with Crippen LogP contribution in [0.4, 0.5) is 0 Å². The van der Waals surface area contributed by atoms with Gasteiger partial charge in [0, 0.05) is 5.75 Å². The van der Waals surface area contributed by atoms with E-state index in [2.05, 4.69) is 79.3 Å². The van der Waals surface area contributed by atoms with Crippen molar-refractivity contribution in [1.82, 2.24) is 0 Å². The number of rotatable bonds is 8. The molecule has 0 aromatic heterocycles. The molecule has 0 radical (unpaired) electrons. The molecular weight excluding hydrogens is 260 g/mol. The summed E-state index contributed by atoms with van der Waals surface area (Å²) in [5.41, 5.74) is 2.91. The molecule has 2 rings (SSSR count). The minimum atomic E-state index is 0.812. The third-order valence-corrected chi connectivity index (χ3v) is 4.86. The standard InChI is InChI=1S/C19H24S/c1-17(9-8-14-18-10-4-2-5-11-18)15-20-16-19-12-6-3-7-13-19/h2-7,10-13,17H,8-9,14-16H2,1H3. The summed E-state index contributed by atoms with van der Waals surface area (Å²) >= 11 is 2.06. The summed E-state index contributed by atoms with van der Waals surface area (Å²) in [4.78, 5) is 0. The molecule has 0 spiro atoms. The number of hydrogen-bond acceptors (Lipinski definition) is 1. The van der Waals surface area contributed by atoms with Crippen molar-refractivity contribution in [2.75, 3.05) is 5.75 Å². The highest BCUT2D eigenvalue weighted by Crippen LogP contribution is 2.19. The molecule has 20 heavy (non-hydrogen) atoms. The van der Waals surface area contributed by atoms with E-state index in [1.807, 2.05) is 0 Å². The lowest BCUT2D eigenvalue weighted by atomic mass is 10.0.